The van der Waals surface area contributed by atoms with E-state index in [0.717, 1.165) is 17.3 Å². The number of nitrogens with one attached hydrogen (secondary N) is 2. The van der Waals surface area contributed by atoms with Crippen LogP contribution in [-0.2, 0) is 9.63 Å². The van der Waals surface area contributed by atoms with Gasteiger partial charge in [-0.15, -0.1) is 10.1 Å². The van der Waals surface area contributed by atoms with Crippen LogP contribution in [0.2, 0.25) is 0 Å². The van der Waals surface area contributed by atoms with E-state index in [0.29, 0.717) is 5.75 Å². The van der Waals surface area contributed by atoms with E-state index in [1.165, 1.54) is 6.92 Å². The van der Waals surface area contributed by atoms with Crippen LogP contribution in [0.3, 0.4) is 0 Å². The summed E-state index contributed by atoms with van der Waals surface area (Å²) in [5.74, 6) is 0.251. The summed E-state index contributed by atoms with van der Waals surface area (Å²) in [4.78, 5) is 38.5. The summed E-state index contributed by atoms with van der Waals surface area (Å²) < 4.78 is 5.09. The van der Waals surface area contributed by atoms with Gasteiger partial charge < -0.3 is 20.2 Å². The van der Waals surface area contributed by atoms with Crippen molar-refractivity contribution >= 4 is 22.9 Å². The molecule has 1 aromatic carbocycles. The van der Waals surface area contributed by atoms with Crippen LogP contribution in [0.15, 0.2) is 24.3 Å². The molecule has 1 heterocycles. The van der Waals surface area contributed by atoms with Crippen molar-refractivity contribution in [1.82, 2.24) is 10.6 Å². The number of hydrogen-bond acceptors (Lipinski definition) is 7. The second-order valence-electron chi connectivity index (χ2n) is 5.11. The highest BCUT2D eigenvalue weighted by Crippen LogP contribution is 2.38. The number of ether oxygens (including phenoxy) is 1. The van der Waals surface area contributed by atoms with Gasteiger partial charge in [-0.3, -0.25) is 9.59 Å². The molecule has 9 nitrogen and oxygen atoms in total. The molecule has 3 atom stereocenters. The van der Waals surface area contributed by atoms with Crippen LogP contribution >= 0.6 is 11.8 Å². The number of carbonyl (C=O) groups is 2. The molecule has 2 N–H and O–H groups in total. The van der Waals surface area contributed by atoms with Crippen molar-refractivity contribution in [1.29, 1.82) is 0 Å². The zero-order chi connectivity index (χ0) is 17.7. The van der Waals surface area contributed by atoms with Gasteiger partial charge in [0.25, 0.3) is 10.3 Å². The smallest absolute Gasteiger partial charge is 0.294 e. The maximum Gasteiger partial charge on any atom is 0.294 e. The molecule has 1 aliphatic heterocycles. The highest BCUT2D eigenvalue weighted by atomic mass is 32.2. The van der Waals surface area contributed by atoms with Gasteiger partial charge >= 0.3 is 0 Å². The zero-order valence-electron chi connectivity index (χ0n) is 13.1. The van der Waals surface area contributed by atoms with Crippen molar-refractivity contribution < 1.29 is 24.3 Å². The van der Waals surface area contributed by atoms with Gasteiger partial charge in [0.1, 0.15) is 17.9 Å². The Balaban J connectivity index is 2.02. The van der Waals surface area contributed by atoms with Crippen LogP contribution in [0.5, 0.6) is 5.75 Å². The summed E-state index contributed by atoms with van der Waals surface area (Å²) in [5, 5.41) is 13.8. The lowest BCUT2D eigenvalue weighted by molar-refractivity contribution is -0.767. The molecular formula is C14H17N3O6S. The minimum Gasteiger partial charge on any atom is -0.497 e. The van der Waals surface area contributed by atoms with Crippen molar-refractivity contribution in [2.75, 3.05) is 13.7 Å². The van der Waals surface area contributed by atoms with Gasteiger partial charge in [0.15, 0.2) is 0 Å². The Morgan fingerprint density at radius 1 is 1.46 bits per heavy atom. The van der Waals surface area contributed by atoms with E-state index in [1.807, 2.05) is 0 Å². The van der Waals surface area contributed by atoms with Crippen molar-refractivity contribution in [3.8, 4) is 5.75 Å². The molecule has 0 aromatic heterocycles. The quantitative estimate of drug-likeness (QED) is 0.558. The Kier molecular flexibility index (Phi) is 5.85. The summed E-state index contributed by atoms with van der Waals surface area (Å²) in [6.45, 7) is 1.43. The molecule has 2 rings (SSSR count). The standard InChI is InChI=1S/C14H17N3O6S/c1-8(23-17(20)21)7-15-13(18)11-12(24-14(19)16-11)9-3-5-10(22-2)6-4-9/h3-6,8,11-12H,7H2,1-2H3,(H,15,18)(H,16,19). The Hall–Kier alpha value is -2.49. The largest absolute Gasteiger partial charge is 0.497 e. The van der Waals surface area contributed by atoms with Gasteiger partial charge in [-0.1, -0.05) is 23.9 Å². The third kappa shape index (κ3) is 4.51. The molecule has 1 aromatic rings. The third-order valence-electron chi connectivity index (χ3n) is 3.37. The SMILES string of the molecule is COc1ccc(C2SC(=O)NC2C(=O)NCC(C)O[N+](=O)[O-])cc1. The first-order valence-electron chi connectivity index (χ1n) is 7.10. The highest BCUT2D eigenvalue weighted by Gasteiger charge is 2.39. The normalized spacial score (nSPS) is 20.8. The van der Waals surface area contributed by atoms with Crippen molar-refractivity contribution in [3.63, 3.8) is 0 Å². The number of hydrogen-bond donors (Lipinski definition) is 2. The molecule has 0 spiro atoms. The topological polar surface area (TPSA) is 120 Å². The molecule has 1 fully saturated rings. The minimum absolute atomic E-state index is 0.0355. The van der Waals surface area contributed by atoms with Crippen LogP contribution in [-0.4, -0.2) is 42.0 Å². The van der Waals surface area contributed by atoms with E-state index in [4.69, 9.17) is 4.74 Å². The first kappa shape index (κ1) is 17.9. The summed E-state index contributed by atoms with van der Waals surface area (Å²) >= 11 is 1.02. The lowest BCUT2D eigenvalue weighted by atomic mass is 10.0. The lowest BCUT2D eigenvalue weighted by Gasteiger charge is -2.19. The average Bonchev–Trinajstić information content (AvgIpc) is 2.94. The first-order chi connectivity index (χ1) is 11.4. The maximum absolute atomic E-state index is 12.3. The van der Waals surface area contributed by atoms with Crippen LogP contribution in [0.4, 0.5) is 4.79 Å². The van der Waals surface area contributed by atoms with Gasteiger partial charge in [0.2, 0.25) is 5.91 Å². The van der Waals surface area contributed by atoms with Crippen LogP contribution < -0.4 is 15.4 Å². The van der Waals surface area contributed by atoms with Gasteiger partial charge in [0, 0.05) is 6.54 Å². The Morgan fingerprint density at radius 2 is 2.12 bits per heavy atom. The molecular weight excluding hydrogens is 338 g/mol. The summed E-state index contributed by atoms with van der Waals surface area (Å²) in [6, 6.07) is 6.31. The number of carbonyl (C=O) groups excluding carboxylic acids is 2. The second-order valence-corrected chi connectivity index (χ2v) is 6.22. The molecule has 3 unspecified atom stereocenters. The van der Waals surface area contributed by atoms with Crippen molar-refractivity contribution in [2.45, 2.75) is 24.3 Å². The van der Waals surface area contributed by atoms with Gasteiger partial charge in [0.05, 0.1) is 12.4 Å². The molecule has 130 valence electrons. The number of amides is 2. The van der Waals surface area contributed by atoms with E-state index < -0.39 is 28.4 Å². The lowest BCUT2D eigenvalue weighted by Crippen LogP contribution is -2.46. The minimum atomic E-state index is -0.913. The molecule has 24 heavy (non-hydrogen) atoms. The fraction of sp³-hybridized carbons (Fsp3) is 0.429. The highest BCUT2D eigenvalue weighted by molar-refractivity contribution is 8.14. The molecule has 0 aliphatic carbocycles. The fourth-order valence-corrected chi connectivity index (χ4v) is 3.26. The van der Waals surface area contributed by atoms with E-state index in [1.54, 1.807) is 31.4 Å². The molecule has 0 radical (unpaired) electrons. The van der Waals surface area contributed by atoms with Gasteiger partial charge in [-0.25, -0.2) is 0 Å². The second kappa shape index (κ2) is 7.86. The zero-order valence-corrected chi connectivity index (χ0v) is 13.9. The molecule has 0 saturated carbocycles. The Morgan fingerprint density at radius 3 is 2.71 bits per heavy atom. The van der Waals surface area contributed by atoms with Crippen LogP contribution in [0, 0.1) is 10.1 Å². The average molecular weight is 355 g/mol. The maximum atomic E-state index is 12.3. The summed E-state index contributed by atoms with van der Waals surface area (Å²) in [5.41, 5.74) is 0.800. The van der Waals surface area contributed by atoms with Crippen molar-refractivity contribution in [3.05, 3.63) is 39.9 Å². The van der Waals surface area contributed by atoms with E-state index in [-0.39, 0.29) is 11.8 Å². The Bertz CT molecular complexity index is 623. The fourth-order valence-electron chi connectivity index (χ4n) is 2.22. The number of benzene rings is 1. The monoisotopic (exact) mass is 355 g/mol. The summed E-state index contributed by atoms with van der Waals surface area (Å²) in [6.07, 6.45) is -0.784. The summed E-state index contributed by atoms with van der Waals surface area (Å²) in [7, 11) is 1.55. The van der Waals surface area contributed by atoms with Crippen LogP contribution in [0.1, 0.15) is 17.7 Å². The van der Waals surface area contributed by atoms with E-state index >= 15 is 0 Å². The third-order valence-corrected chi connectivity index (χ3v) is 4.50. The van der Waals surface area contributed by atoms with Crippen molar-refractivity contribution in [2.24, 2.45) is 0 Å². The predicted molar refractivity (Wildman–Crippen MR) is 86.2 cm³/mol. The molecule has 0 bridgehead atoms. The number of nitrogens with zero attached hydrogens (tertiary/aromatic N) is 1. The van der Waals surface area contributed by atoms with Gasteiger partial charge in [-0.05, 0) is 24.6 Å². The predicted octanol–water partition coefficient (Wildman–Crippen LogP) is 1.27. The molecule has 1 aliphatic rings. The van der Waals surface area contributed by atoms with E-state index in [2.05, 4.69) is 15.5 Å². The van der Waals surface area contributed by atoms with Gasteiger partial charge in [-0.2, -0.15) is 0 Å². The van der Waals surface area contributed by atoms with Crippen LogP contribution in [0.25, 0.3) is 0 Å². The number of thioether (sulfide) groups is 1. The molecule has 1 saturated heterocycles. The molecule has 10 heteroatoms. The number of rotatable bonds is 7. The van der Waals surface area contributed by atoms with E-state index in [9.17, 15) is 19.7 Å². The molecule has 2 amide bonds. The Labute approximate surface area is 142 Å². The first-order valence-corrected chi connectivity index (χ1v) is 7.98. The number of methoxy groups -OCH3 is 1.